The lowest BCUT2D eigenvalue weighted by molar-refractivity contribution is -0.153. The number of rotatable bonds is 14. The van der Waals surface area contributed by atoms with Crippen LogP contribution >= 0.6 is 0 Å². The Bertz CT molecular complexity index is 1090. The molecule has 7 atom stereocenters. The number of hydrogen-bond donors (Lipinski definition) is 1. The highest BCUT2D eigenvalue weighted by Gasteiger charge is 2.75. The second-order valence-corrected chi connectivity index (χ2v) is 11.5. The minimum Gasteiger partial charge on any atom is -0.394 e. The van der Waals surface area contributed by atoms with Gasteiger partial charge in [-0.3, -0.25) is 14.4 Å². The van der Waals surface area contributed by atoms with E-state index in [-0.39, 0.29) is 30.4 Å². The van der Waals surface area contributed by atoms with E-state index in [2.05, 4.69) is 20.1 Å². The van der Waals surface area contributed by atoms with Crippen LogP contribution in [0.1, 0.15) is 58.4 Å². The van der Waals surface area contributed by atoms with Crippen LogP contribution in [0.15, 0.2) is 55.6 Å². The Morgan fingerprint density at radius 3 is 2.48 bits per heavy atom. The van der Waals surface area contributed by atoms with Gasteiger partial charge in [-0.1, -0.05) is 62.8 Å². The lowest BCUT2D eigenvalue weighted by Crippen LogP contribution is -2.60. The van der Waals surface area contributed by atoms with Crippen LogP contribution in [0, 0.1) is 11.8 Å². The maximum absolute atomic E-state index is 14.4. The molecule has 40 heavy (non-hydrogen) atoms. The molecule has 218 valence electrons. The number of amides is 3. The van der Waals surface area contributed by atoms with Gasteiger partial charge in [-0.2, -0.15) is 0 Å². The van der Waals surface area contributed by atoms with Gasteiger partial charge in [0.2, 0.25) is 17.7 Å². The van der Waals surface area contributed by atoms with Gasteiger partial charge in [0.05, 0.1) is 30.6 Å². The zero-order valence-corrected chi connectivity index (χ0v) is 24.2. The summed E-state index contributed by atoms with van der Waals surface area (Å²) in [5.41, 5.74) is -0.111. The predicted molar refractivity (Wildman–Crippen MR) is 154 cm³/mol. The van der Waals surface area contributed by atoms with Crippen molar-refractivity contribution in [1.82, 2.24) is 14.7 Å². The molecule has 0 aromatic heterocycles. The van der Waals surface area contributed by atoms with Crippen molar-refractivity contribution >= 4 is 17.7 Å². The SMILES string of the molecule is C=CCN(Cc1ccccc1)C(=O)[C@@H]1[C@@H]2CCC3(O2)C(C(=O)N(CC=C)C(C)CCC)N([C@@H](CC)CO)C(=O)[C@H]13. The number of carbonyl (C=O) groups excluding carboxylic acids is 3. The normalized spacial score (nSPS) is 28.2. The Balaban J connectivity index is 1.74. The van der Waals surface area contributed by atoms with E-state index in [0.29, 0.717) is 38.9 Å². The van der Waals surface area contributed by atoms with E-state index in [1.807, 2.05) is 44.2 Å². The fourth-order valence-electron chi connectivity index (χ4n) is 7.22. The number of carbonyl (C=O) groups is 3. The lowest BCUT2D eigenvalue weighted by atomic mass is 9.70. The van der Waals surface area contributed by atoms with Crippen LogP contribution in [0.3, 0.4) is 0 Å². The van der Waals surface area contributed by atoms with Crippen molar-refractivity contribution in [2.45, 2.75) is 89.3 Å². The molecule has 3 unspecified atom stereocenters. The highest BCUT2D eigenvalue weighted by atomic mass is 16.5. The first-order chi connectivity index (χ1) is 19.3. The summed E-state index contributed by atoms with van der Waals surface area (Å²) < 4.78 is 6.65. The van der Waals surface area contributed by atoms with Crippen molar-refractivity contribution in [3.8, 4) is 0 Å². The molecule has 4 rings (SSSR count). The van der Waals surface area contributed by atoms with Crippen LogP contribution in [-0.2, 0) is 25.7 Å². The van der Waals surface area contributed by atoms with E-state index >= 15 is 0 Å². The number of aliphatic hydroxyl groups excluding tert-OH is 1. The molecular formula is C32H45N3O5. The zero-order valence-electron chi connectivity index (χ0n) is 24.2. The van der Waals surface area contributed by atoms with Gasteiger partial charge in [-0.05, 0) is 38.2 Å². The molecule has 1 N–H and O–H groups in total. The van der Waals surface area contributed by atoms with Gasteiger partial charge in [-0.25, -0.2) is 0 Å². The second-order valence-electron chi connectivity index (χ2n) is 11.5. The number of fused-ring (bicyclic) bond motifs is 1. The Hall–Kier alpha value is -2.97. The summed E-state index contributed by atoms with van der Waals surface area (Å²) in [7, 11) is 0. The lowest BCUT2D eigenvalue weighted by Gasteiger charge is -2.40. The molecule has 8 nitrogen and oxygen atoms in total. The van der Waals surface area contributed by atoms with Crippen LogP contribution < -0.4 is 0 Å². The summed E-state index contributed by atoms with van der Waals surface area (Å²) in [6.45, 7) is 14.5. The Morgan fingerprint density at radius 1 is 1.18 bits per heavy atom. The molecule has 0 radical (unpaired) electrons. The van der Waals surface area contributed by atoms with Crippen molar-refractivity contribution in [3.05, 3.63) is 61.2 Å². The molecule has 3 fully saturated rings. The molecule has 0 aliphatic carbocycles. The van der Waals surface area contributed by atoms with Crippen molar-refractivity contribution in [2.24, 2.45) is 11.8 Å². The molecule has 3 amide bonds. The van der Waals surface area contributed by atoms with E-state index in [4.69, 9.17) is 4.74 Å². The first-order valence-corrected chi connectivity index (χ1v) is 14.7. The van der Waals surface area contributed by atoms with Crippen LogP contribution in [0.5, 0.6) is 0 Å². The minimum absolute atomic E-state index is 0.0536. The maximum atomic E-state index is 14.4. The number of nitrogens with zero attached hydrogens (tertiary/aromatic N) is 3. The minimum atomic E-state index is -1.10. The monoisotopic (exact) mass is 551 g/mol. The quantitative estimate of drug-likeness (QED) is 0.357. The van der Waals surface area contributed by atoms with Gasteiger partial charge in [0.25, 0.3) is 0 Å². The Morgan fingerprint density at radius 2 is 1.88 bits per heavy atom. The van der Waals surface area contributed by atoms with Crippen LogP contribution in [0.2, 0.25) is 0 Å². The number of aliphatic hydroxyl groups is 1. The van der Waals surface area contributed by atoms with Gasteiger partial charge in [0.15, 0.2) is 0 Å². The van der Waals surface area contributed by atoms with E-state index in [0.717, 1.165) is 18.4 Å². The zero-order chi connectivity index (χ0) is 29.0. The number of hydrogen-bond acceptors (Lipinski definition) is 5. The average molecular weight is 552 g/mol. The van der Waals surface area contributed by atoms with Gasteiger partial charge in [-0.15, -0.1) is 13.2 Å². The molecule has 1 aromatic carbocycles. The molecule has 3 saturated heterocycles. The molecule has 8 heteroatoms. The molecule has 1 spiro atoms. The van der Waals surface area contributed by atoms with Crippen molar-refractivity contribution in [2.75, 3.05) is 19.7 Å². The Labute approximate surface area is 238 Å². The fourth-order valence-corrected chi connectivity index (χ4v) is 7.22. The third kappa shape index (κ3) is 5.12. The van der Waals surface area contributed by atoms with Crippen LogP contribution in [0.25, 0.3) is 0 Å². The highest BCUT2D eigenvalue weighted by molar-refractivity contribution is 5.99. The molecule has 2 bridgehead atoms. The smallest absolute Gasteiger partial charge is 0.248 e. The number of ether oxygens (including phenoxy) is 1. The first-order valence-electron chi connectivity index (χ1n) is 14.7. The average Bonchev–Trinajstić information content (AvgIpc) is 3.60. The van der Waals surface area contributed by atoms with Gasteiger partial charge >= 0.3 is 0 Å². The van der Waals surface area contributed by atoms with Crippen molar-refractivity contribution in [3.63, 3.8) is 0 Å². The van der Waals surface area contributed by atoms with Gasteiger partial charge in [0, 0.05) is 25.7 Å². The largest absolute Gasteiger partial charge is 0.394 e. The standard InChI is InChI=1S/C32H45N3O5/c1-6-13-22(5)34(19-8-3)31(39)28-32-17-16-25(40-32)26(27(32)30(38)35(28)24(9-4)21-36)29(37)33(18-7-2)20-23-14-11-10-12-15-23/h7-8,10-12,14-15,22,24-28,36H,2-3,6,9,13,16-21H2,1,4-5H3/t22?,24-,25-,26+,27-,28?,32?/m0/s1. The molecule has 3 heterocycles. The topological polar surface area (TPSA) is 90.4 Å². The summed E-state index contributed by atoms with van der Waals surface area (Å²) in [5, 5.41) is 10.3. The first kappa shape index (κ1) is 30.0. The van der Waals surface area contributed by atoms with E-state index in [9.17, 15) is 19.5 Å². The highest BCUT2D eigenvalue weighted by Crippen LogP contribution is 2.59. The van der Waals surface area contributed by atoms with Crippen molar-refractivity contribution in [1.29, 1.82) is 0 Å². The molecule has 3 aliphatic heterocycles. The van der Waals surface area contributed by atoms with Crippen molar-refractivity contribution < 1.29 is 24.2 Å². The van der Waals surface area contributed by atoms with E-state index in [1.54, 1.807) is 26.9 Å². The fraction of sp³-hybridized carbons (Fsp3) is 0.594. The summed E-state index contributed by atoms with van der Waals surface area (Å²) in [5.74, 6) is -2.07. The molecule has 0 saturated carbocycles. The Kier molecular flexibility index (Phi) is 9.52. The molecular weight excluding hydrogens is 506 g/mol. The summed E-state index contributed by atoms with van der Waals surface area (Å²) in [6.07, 6.45) is 6.31. The summed E-state index contributed by atoms with van der Waals surface area (Å²) in [6, 6.07) is 8.25. The van der Waals surface area contributed by atoms with Crippen LogP contribution in [0.4, 0.5) is 0 Å². The summed E-state index contributed by atoms with van der Waals surface area (Å²) >= 11 is 0. The number of benzene rings is 1. The van der Waals surface area contributed by atoms with E-state index in [1.165, 1.54) is 0 Å². The predicted octanol–water partition coefficient (Wildman–Crippen LogP) is 3.55. The van der Waals surface area contributed by atoms with E-state index < -0.39 is 35.6 Å². The third-order valence-electron chi connectivity index (χ3n) is 9.06. The molecule has 3 aliphatic rings. The third-order valence-corrected chi connectivity index (χ3v) is 9.06. The van der Waals surface area contributed by atoms with Crippen LogP contribution in [-0.4, -0.2) is 87.1 Å². The van der Waals surface area contributed by atoms with Gasteiger partial charge < -0.3 is 24.5 Å². The second kappa shape index (κ2) is 12.7. The maximum Gasteiger partial charge on any atom is 0.248 e. The summed E-state index contributed by atoms with van der Waals surface area (Å²) in [4.78, 5) is 48.1. The molecule has 1 aromatic rings. The van der Waals surface area contributed by atoms with Gasteiger partial charge in [0.1, 0.15) is 11.6 Å². The number of likely N-dealkylation sites (tertiary alicyclic amines) is 1.